The first-order valence-corrected chi connectivity index (χ1v) is 5.96. The van der Waals surface area contributed by atoms with E-state index in [0.29, 0.717) is 31.0 Å². The molecule has 0 spiro atoms. The zero-order valence-corrected chi connectivity index (χ0v) is 10.7. The third-order valence-electron chi connectivity index (χ3n) is 2.40. The second kappa shape index (κ2) is 7.22. The summed E-state index contributed by atoms with van der Waals surface area (Å²) in [6, 6.07) is 5.39. The van der Waals surface area contributed by atoms with E-state index in [9.17, 15) is 4.79 Å². The van der Waals surface area contributed by atoms with Crippen LogP contribution in [-0.4, -0.2) is 40.6 Å². The van der Waals surface area contributed by atoms with Crippen molar-refractivity contribution in [3.63, 3.8) is 0 Å². The van der Waals surface area contributed by atoms with Crippen LogP contribution in [0.15, 0.2) is 12.1 Å². The van der Waals surface area contributed by atoms with E-state index in [0.717, 1.165) is 6.54 Å². The highest BCUT2D eigenvalue weighted by molar-refractivity contribution is 5.92. The number of nitriles is 1. The maximum atomic E-state index is 12.0. The highest BCUT2D eigenvalue weighted by atomic mass is 16.2. The fourth-order valence-corrected chi connectivity index (χ4v) is 1.47. The molecule has 0 saturated heterocycles. The van der Waals surface area contributed by atoms with Gasteiger partial charge in [-0.2, -0.15) is 5.26 Å². The Bertz CT molecular complexity index is 423. The van der Waals surface area contributed by atoms with Crippen molar-refractivity contribution in [3.8, 4) is 6.07 Å². The van der Waals surface area contributed by atoms with Crippen molar-refractivity contribution in [2.24, 2.45) is 0 Å². The molecule has 0 radical (unpaired) electrons. The summed E-state index contributed by atoms with van der Waals surface area (Å²) in [7, 11) is 0. The first kappa shape index (κ1) is 13.9. The fourth-order valence-electron chi connectivity index (χ4n) is 1.47. The van der Waals surface area contributed by atoms with Gasteiger partial charge in [0.2, 0.25) is 0 Å². The molecule has 0 aliphatic heterocycles. The maximum Gasteiger partial charge on any atom is 0.274 e. The van der Waals surface area contributed by atoms with Crippen molar-refractivity contribution in [2.75, 3.05) is 25.0 Å². The first-order chi connectivity index (χ1) is 8.72. The van der Waals surface area contributed by atoms with Crippen LogP contribution >= 0.6 is 0 Å². The second-order valence-corrected chi connectivity index (χ2v) is 3.63. The van der Waals surface area contributed by atoms with Crippen molar-refractivity contribution in [2.45, 2.75) is 20.3 Å². The van der Waals surface area contributed by atoms with Gasteiger partial charge in [0.15, 0.2) is 5.69 Å². The lowest BCUT2D eigenvalue weighted by Gasteiger charge is -2.18. The van der Waals surface area contributed by atoms with Crippen molar-refractivity contribution in [1.29, 1.82) is 5.26 Å². The monoisotopic (exact) mass is 247 g/mol. The molecule has 6 heteroatoms. The maximum absolute atomic E-state index is 12.0. The molecule has 0 unspecified atom stereocenters. The fraction of sp³-hybridized carbons (Fsp3) is 0.500. The Morgan fingerprint density at radius 2 is 2.22 bits per heavy atom. The van der Waals surface area contributed by atoms with Gasteiger partial charge in [-0.05, 0) is 26.0 Å². The molecule has 0 saturated carbocycles. The molecule has 96 valence electrons. The Hall–Kier alpha value is -2.16. The van der Waals surface area contributed by atoms with E-state index in [2.05, 4.69) is 15.5 Å². The van der Waals surface area contributed by atoms with Crippen molar-refractivity contribution in [1.82, 2.24) is 15.1 Å². The highest BCUT2D eigenvalue weighted by Gasteiger charge is 2.15. The summed E-state index contributed by atoms with van der Waals surface area (Å²) < 4.78 is 0. The first-order valence-electron chi connectivity index (χ1n) is 5.96. The van der Waals surface area contributed by atoms with Crippen LogP contribution in [0.1, 0.15) is 30.8 Å². The van der Waals surface area contributed by atoms with Gasteiger partial charge in [0, 0.05) is 19.6 Å². The molecule has 1 heterocycles. The minimum Gasteiger partial charge on any atom is -0.369 e. The number of hydrogen-bond donors (Lipinski definition) is 1. The van der Waals surface area contributed by atoms with Crippen molar-refractivity contribution in [3.05, 3.63) is 17.8 Å². The lowest BCUT2D eigenvalue weighted by molar-refractivity contribution is 0.0761. The molecule has 0 aromatic carbocycles. The number of nitrogens with zero attached hydrogens (tertiary/aromatic N) is 4. The third kappa shape index (κ3) is 3.70. The van der Waals surface area contributed by atoms with E-state index >= 15 is 0 Å². The summed E-state index contributed by atoms with van der Waals surface area (Å²) in [5.74, 6) is 0.456. The number of carbonyl (C=O) groups excluding carboxylic acids is 1. The largest absolute Gasteiger partial charge is 0.369 e. The Labute approximate surface area is 107 Å². The molecule has 0 fully saturated rings. The normalized spacial score (nSPS) is 9.61. The Kier molecular flexibility index (Phi) is 5.58. The molecule has 1 rings (SSSR count). The summed E-state index contributed by atoms with van der Waals surface area (Å²) >= 11 is 0. The Morgan fingerprint density at radius 3 is 2.72 bits per heavy atom. The van der Waals surface area contributed by atoms with Gasteiger partial charge in [-0.25, -0.2) is 0 Å². The van der Waals surface area contributed by atoms with Gasteiger partial charge in [-0.1, -0.05) is 0 Å². The van der Waals surface area contributed by atoms with Crippen molar-refractivity contribution < 1.29 is 4.79 Å². The zero-order valence-electron chi connectivity index (χ0n) is 10.7. The molecule has 0 aliphatic rings. The number of rotatable bonds is 6. The van der Waals surface area contributed by atoms with Gasteiger partial charge in [-0.3, -0.25) is 4.79 Å². The van der Waals surface area contributed by atoms with Gasteiger partial charge in [0.25, 0.3) is 5.91 Å². The topological polar surface area (TPSA) is 81.9 Å². The van der Waals surface area contributed by atoms with Crippen LogP contribution in [-0.2, 0) is 0 Å². The van der Waals surface area contributed by atoms with Crippen LogP contribution in [0.25, 0.3) is 0 Å². The van der Waals surface area contributed by atoms with E-state index in [-0.39, 0.29) is 5.91 Å². The minimum absolute atomic E-state index is 0.191. The predicted molar refractivity (Wildman–Crippen MR) is 68.0 cm³/mol. The van der Waals surface area contributed by atoms with Crippen molar-refractivity contribution >= 4 is 11.7 Å². The van der Waals surface area contributed by atoms with Crippen LogP contribution in [0.3, 0.4) is 0 Å². The molecule has 6 nitrogen and oxygen atoms in total. The van der Waals surface area contributed by atoms with E-state index in [1.807, 2.05) is 19.9 Å². The van der Waals surface area contributed by atoms with Gasteiger partial charge in [0.1, 0.15) is 5.82 Å². The Morgan fingerprint density at radius 1 is 1.44 bits per heavy atom. The minimum atomic E-state index is -0.191. The predicted octanol–water partition coefficient (Wildman–Crippen LogP) is 1.28. The number of aromatic nitrogens is 2. The number of nitrogens with one attached hydrogen (secondary N) is 1. The van der Waals surface area contributed by atoms with Gasteiger partial charge >= 0.3 is 0 Å². The van der Waals surface area contributed by atoms with Crippen LogP contribution in [0.5, 0.6) is 0 Å². The second-order valence-electron chi connectivity index (χ2n) is 3.63. The SMILES string of the molecule is CCNc1ccc(C(=O)N(CC)CCC#N)nn1. The van der Waals surface area contributed by atoms with Gasteiger partial charge < -0.3 is 10.2 Å². The number of anilines is 1. The number of hydrogen-bond acceptors (Lipinski definition) is 5. The summed E-state index contributed by atoms with van der Waals surface area (Å²) in [4.78, 5) is 13.6. The van der Waals surface area contributed by atoms with Gasteiger partial charge in [-0.15, -0.1) is 10.2 Å². The average Bonchev–Trinajstić information content (AvgIpc) is 2.40. The molecule has 0 bridgehead atoms. The standard InChI is InChI=1S/C12H17N5O/c1-3-14-11-7-6-10(15-16-11)12(18)17(4-2)9-5-8-13/h6-7H,3-5,9H2,1-2H3,(H,14,16). The average molecular weight is 247 g/mol. The molecular weight excluding hydrogens is 230 g/mol. The molecule has 1 aromatic heterocycles. The molecule has 0 atom stereocenters. The third-order valence-corrected chi connectivity index (χ3v) is 2.40. The lowest BCUT2D eigenvalue weighted by Crippen LogP contribution is -2.32. The van der Waals surface area contributed by atoms with E-state index in [4.69, 9.17) is 5.26 Å². The molecule has 1 aromatic rings. The lowest BCUT2D eigenvalue weighted by atomic mass is 10.3. The van der Waals surface area contributed by atoms with Crippen LogP contribution in [0, 0.1) is 11.3 Å². The van der Waals surface area contributed by atoms with Crippen LogP contribution in [0.4, 0.5) is 5.82 Å². The summed E-state index contributed by atoms with van der Waals surface area (Å²) in [6.45, 7) is 5.56. The molecule has 18 heavy (non-hydrogen) atoms. The molecule has 1 N–H and O–H groups in total. The summed E-state index contributed by atoms with van der Waals surface area (Å²) in [5.41, 5.74) is 0.302. The van der Waals surface area contributed by atoms with Crippen LogP contribution < -0.4 is 5.32 Å². The van der Waals surface area contributed by atoms with E-state index in [1.54, 1.807) is 17.0 Å². The molecule has 0 aliphatic carbocycles. The summed E-state index contributed by atoms with van der Waals surface area (Å²) in [6.07, 6.45) is 0.322. The zero-order chi connectivity index (χ0) is 13.4. The quantitative estimate of drug-likeness (QED) is 0.819. The number of amides is 1. The van der Waals surface area contributed by atoms with E-state index < -0.39 is 0 Å². The highest BCUT2D eigenvalue weighted by Crippen LogP contribution is 2.05. The molecular formula is C12H17N5O. The Balaban J connectivity index is 2.73. The van der Waals surface area contributed by atoms with E-state index in [1.165, 1.54) is 0 Å². The summed E-state index contributed by atoms with van der Waals surface area (Å²) in [5, 5.41) is 19.3. The molecule has 1 amide bonds. The van der Waals surface area contributed by atoms with Crippen LogP contribution in [0.2, 0.25) is 0 Å². The smallest absolute Gasteiger partial charge is 0.274 e. The van der Waals surface area contributed by atoms with Gasteiger partial charge in [0.05, 0.1) is 12.5 Å². The number of carbonyl (C=O) groups is 1.